The van der Waals surface area contributed by atoms with E-state index in [1.807, 2.05) is 0 Å². The monoisotopic (exact) mass is 305 g/mol. The van der Waals surface area contributed by atoms with Gasteiger partial charge in [0.05, 0.1) is 16.3 Å². The van der Waals surface area contributed by atoms with Crippen LogP contribution in [0.1, 0.15) is 45.1 Å². The van der Waals surface area contributed by atoms with Crippen molar-refractivity contribution in [2.45, 2.75) is 51.7 Å². The van der Waals surface area contributed by atoms with Crippen molar-refractivity contribution >= 4 is 17.3 Å². The summed E-state index contributed by atoms with van der Waals surface area (Å²) in [7, 11) is 0. The average Bonchev–Trinajstić information content (AvgIpc) is 2.33. The summed E-state index contributed by atoms with van der Waals surface area (Å²) in [6.07, 6.45) is -0.281. The van der Waals surface area contributed by atoms with Crippen LogP contribution in [0.4, 0.5) is 18.9 Å². The number of alkyl halides is 3. The molecule has 1 saturated carbocycles. The lowest BCUT2D eigenvalue weighted by Gasteiger charge is -2.35. The Hall–Kier alpha value is -0.900. The molecule has 1 fully saturated rings. The topological polar surface area (TPSA) is 12.0 Å². The van der Waals surface area contributed by atoms with Crippen molar-refractivity contribution in [2.75, 3.05) is 5.32 Å². The highest BCUT2D eigenvalue weighted by Gasteiger charge is 2.32. The second-order valence-electron chi connectivity index (χ2n) is 6.28. The normalized spacial score (nSPS) is 19.9. The first kappa shape index (κ1) is 15.5. The van der Waals surface area contributed by atoms with Gasteiger partial charge in [0.15, 0.2) is 0 Å². The molecular formula is C15H19ClF3N. The molecule has 0 aliphatic heterocycles. The molecule has 0 heterocycles. The second kappa shape index (κ2) is 5.47. The minimum Gasteiger partial charge on any atom is -0.381 e. The number of nitrogens with one attached hydrogen (secondary N) is 1. The lowest BCUT2D eigenvalue weighted by molar-refractivity contribution is -0.137. The Morgan fingerprint density at radius 1 is 1.20 bits per heavy atom. The van der Waals surface area contributed by atoms with Crippen LogP contribution in [0.25, 0.3) is 0 Å². The molecule has 1 aliphatic rings. The van der Waals surface area contributed by atoms with Crippen LogP contribution in [-0.4, -0.2) is 6.04 Å². The fourth-order valence-electron chi connectivity index (χ4n) is 2.58. The van der Waals surface area contributed by atoms with Crippen molar-refractivity contribution in [1.29, 1.82) is 0 Å². The van der Waals surface area contributed by atoms with Crippen molar-refractivity contribution in [3.63, 3.8) is 0 Å². The maximum absolute atomic E-state index is 12.7. The van der Waals surface area contributed by atoms with E-state index in [2.05, 4.69) is 19.2 Å². The second-order valence-corrected chi connectivity index (χ2v) is 6.68. The highest BCUT2D eigenvalue weighted by atomic mass is 35.5. The molecule has 1 nitrogen and oxygen atoms in total. The fraction of sp³-hybridized carbons (Fsp3) is 0.600. The lowest BCUT2D eigenvalue weighted by atomic mass is 9.75. The van der Waals surface area contributed by atoms with Gasteiger partial charge in [-0.05, 0) is 49.3 Å². The van der Waals surface area contributed by atoms with Gasteiger partial charge in [-0.15, -0.1) is 0 Å². The molecule has 0 radical (unpaired) electrons. The van der Waals surface area contributed by atoms with E-state index in [1.54, 1.807) is 0 Å². The number of halogens is 4. The minimum atomic E-state index is -4.34. The summed E-state index contributed by atoms with van der Waals surface area (Å²) >= 11 is 5.99. The standard InChI is InChI=1S/C15H19ClF3N/c1-14(2)7-5-11(6-8-14)20-13-9-10(15(17,18)19)3-4-12(13)16/h3-4,9,11,20H,5-8H2,1-2H3. The van der Waals surface area contributed by atoms with E-state index in [9.17, 15) is 13.2 Å². The minimum absolute atomic E-state index is 0.198. The van der Waals surface area contributed by atoms with Gasteiger partial charge in [-0.1, -0.05) is 25.4 Å². The summed E-state index contributed by atoms with van der Waals surface area (Å²) in [6, 6.07) is 3.61. The van der Waals surface area contributed by atoms with Crippen LogP contribution in [0.3, 0.4) is 0 Å². The molecule has 20 heavy (non-hydrogen) atoms. The van der Waals surface area contributed by atoms with Crippen molar-refractivity contribution in [2.24, 2.45) is 5.41 Å². The van der Waals surface area contributed by atoms with Gasteiger partial charge in [-0.25, -0.2) is 0 Å². The molecule has 5 heteroatoms. The molecule has 0 amide bonds. The van der Waals surface area contributed by atoms with E-state index in [0.29, 0.717) is 16.1 Å². The van der Waals surface area contributed by atoms with E-state index in [1.165, 1.54) is 6.07 Å². The molecule has 2 rings (SSSR count). The van der Waals surface area contributed by atoms with E-state index in [-0.39, 0.29) is 6.04 Å². The third-order valence-corrected chi connectivity index (χ3v) is 4.32. The van der Waals surface area contributed by atoms with Crippen LogP contribution >= 0.6 is 11.6 Å². The summed E-state index contributed by atoms with van der Waals surface area (Å²) in [5.41, 5.74) is 0.0437. The molecule has 0 spiro atoms. The quantitative estimate of drug-likeness (QED) is 0.734. The largest absolute Gasteiger partial charge is 0.416 e. The van der Waals surface area contributed by atoms with Crippen LogP contribution in [0.15, 0.2) is 18.2 Å². The Morgan fingerprint density at radius 2 is 1.80 bits per heavy atom. The molecule has 1 N–H and O–H groups in total. The first-order chi connectivity index (χ1) is 9.17. The molecule has 0 atom stereocenters. The summed E-state index contributed by atoms with van der Waals surface area (Å²) in [5, 5.41) is 3.50. The molecule has 0 bridgehead atoms. The van der Waals surface area contributed by atoms with Crippen LogP contribution in [0.5, 0.6) is 0 Å². The first-order valence-corrected chi connectivity index (χ1v) is 7.18. The number of benzene rings is 1. The zero-order valence-electron chi connectivity index (χ0n) is 11.6. The van der Waals surface area contributed by atoms with Crippen molar-refractivity contribution in [1.82, 2.24) is 0 Å². The van der Waals surface area contributed by atoms with Gasteiger partial charge >= 0.3 is 6.18 Å². The predicted molar refractivity (Wildman–Crippen MR) is 76.1 cm³/mol. The van der Waals surface area contributed by atoms with Crippen LogP contribution in [-0.2, 0) is 6.18 Å². The predicted octanol–water partition coefficient (Wildman–Crippen LogP) is 5.74. The Morgan fingerprint density at radius 3 is 2.35 bits per heavy atom. The lowest BCUT2D eigenvalue weighted by Crippen LogP contribution is -2.30. The molecule has 0 saturated heterocycles. The van der Waals surface area contributed by atoms with E-state index < -0.39 is 11.7 Å². The van der Waals surface area contributed by atoms with Gasteiger partial charge in [0, 0.05) is 6.04 Å². The summed E-state index contributed by atoms with van der Waals surface area (Å²) in [4.78, 5) is 0. The van der Waals surface area contributed by atoms with E-state index >= 15 is 0 Å². The highest BCUT2D eigenvalue weighted by molar-refractivity contribution is 6.33. The molecule has 0 unspecified atom stereocenters. The number of hydrogen-bond acceptors (Lipinski definition) is 1. The van der Waals surface area contributed by atoms with Crippen molar-refractivity contribution in [3.8, 4) is 0 Å². The Labute approximate surface area is 122 Å². The number of anilines is 1. The van der Waals surface area contributed by atoms with E-state index in [4.69, 9.17) is 11.6 Å². The maximum atomic E-state index is 12.7. The highest BCUT2D eigenvalue weighted by Crippen LogP contribution is 2.38. The Balaban J connectivity index is 2.10. The smallest absolute Gasteiger partial charge is 0.381 e. The number of hydrogen-bond donors (Lipinski definition) is 1. The van der Waals surface area contributed by atoms with Crippen molar-refractivity contribution in [3.05, 3.63) is 28.8 Å². The zero-order valence-corrected chi connectivity index (χ0v) is 12.4. The summed E-state index contributed by atoms with van der Waals surface area (Å²) in [6.45, 7) is 4.45. The zero-order chi connectivity index (χ0) is 15.0. The van der Waals surface area contributed by atoms with Crippen LogP contribution in [0.2, 0.25) is 5.02 Å². The molecule has 1 aromatic carbocycles. The average molecular weight is 306 g/mol. The van der Waals surface area contributed by atoms with Gasteiger partial charge in [-0.3, -0.25) is 0 Å². The fourth-order valence-corrected chi connectivity index (χ4v) is 2.75. The molecular weight excluding hydrogens is 287 g/mol. The Bertz CT molecular complexity index is 472. The first-order valence-electron chi connectivity index (χ1n) is 6.81. The Kier molecular flexibility index (Phi) is 4.24. The van der Waals surface area contributed by atoms with Gasteiger partial charge in [-0.2, -0.15) is 13.2 Å². The molecule has 1 aliphatic carbocycles. The SMILES string of the molecule is CC1(C)CCC(Nc2cc(C(F)(F)F)ccc2Cl)CC1. The van der Waals surface area contributed by atoms with Gasteiger partial charge < -0.3 is 5.32 Å². The maximum Gasteiger partial charge on any atom is 0.416 e. The summed E-state index contributed by atoms with van der Waals surface area (Å²) in [5.74, 6) is 0. The number of rotatable bonds is 2. The van der Waals surface area contributed by atoms with E-state index in [0.717, 1.165) is 37.8 Å². The van der Waals surface area contributed by atoms with Gasteiger partial charge in [0.1, 0.15) is 0 Å². The molecule has 112 valence electrons. The molecule has 0 aromatic heterocycles. The summed E-state index contributed by atoms with van der Waals surface area (Å²) < 4.78 is 38.1. The third kappa shape index (κ3) is 3.81. The van der Waals surface area contributed by atoms with Gasteiger partial charge in [0.25, 0.3) is 0 Å². The van der Waals surface area contributed by atoms with Crippen LogP contribution in [0, 0.1) is 5.41 Å². The third-order valence-electron chi connectivity index (χ3n) is 3.99. The van der Waals surface area contributed by atoms with Crippen molar-refractivity contribution < 1.29 is 13.2 Å². The van der Waals surface area contributed by atoms with Gasteiger partial charge in [0.2, 0.25) is 0 Å². The van der Waals surface area contributed by atoms with Crippen LogP contribution < -0.4 is 5.32 Å². The molecule has 1 aromatic rings.